The molecule has 4 N–H and O–H groups in total. The summed E-state index contributed by atoms with van der Waals surface area (Å²) in [6.07, 6.45) is 0. The van der Waals surface area contributed by atoms with Gasteiger partial charge in [-0.3, -0.25) is 9.59 Å². The first-order valence-electron chi connectivity index (χ1n) is 6.47. The average Bonchev–Trinajstić information content (AvgIpc) is 2.48. The molecule has 112 valence electrons. The van der Waals surface area contributed by atoms with Crippen LogP contribution < -0.4 is 11.1 Å². The molecule has 0 fully saturated rings. The van der Waals surface area contributed by atoms with Crippen LogP contribution in [0.3, 0.4) is 0 Å². The summed E-state index contributed by atoms with van der Waals surface area (Å²) in [4.78, 5) is 34.7. The zero-order valence-corrected chi connectivity index (χ0v) is 11.5. The Bertz CT molecular complexity index is 696. The van der Waals surface area contributed by atoms with Crippen LogP contribution in [-0.4, -0.2) is 22.9 Å². The van der Waals surface area contributed by atoms with Crippen LogP contribution in [0.2, 0.25) is 0 Å². The molecule has 6 nitrogen and oxygen atoms in total. The first-order chi connectivity index (χ1) is 10.5. The summed E-state index contributed by atoms with van der Waals surface area (Å²) in [6.45, 7) is 0. The van der Waals surface area contributed by atoms with E-state index >= 15 is 0 Å². The van der Waals surface area contributed by atoms with Crippen molar-refractivity contribution in [1.29, 1.82) is 0 Å². The summed E-state index contributed by atoms with van der Waals surface area (Å²) in [5.41, 5.74) is 6.25. The number of hydrogen-bond donors (Lipinski definition) is 3. The molecular formula is C16H14N2O4. The number of nitrogens with two attached hydrogens (primary N) is 1. The molecule has 2 aromatic rings. The van der Waals surface area contributed by atoms with E-state index in [1.54, 1.807) is 30.3 Å². The molecule has 1 unspecified atom stereocenters. The lowest BCUT2D eigenvalue weighted by Gasteiger charge is -2.14. The highest BCUT2D eigenvalue weighted by Gasteiger charge is 2.26. The number of rotatable bonds is 5. The maximum Gasteiger partial charge on any atom is 0.335 e. The predicted molar refractivity (Wildman–Crippen MR) is 80.4 cm³/mol. The van der Waals surface area contributed by atoms with E-state index in [2.05, 4.69) is 5.32 Å². The fraction of sp³-hybridized carbons (Fsp3) is 0.0625. The van der Waals surface area contributed by atoms with E-state index in [-0.39, 0.29) is 5.56 Å². The van der Waals surface area contributed by atoms with Gasteiger partial charge in [0.25, 0.3) is 0 Å². The Morgan fingerprint density at radius 3 is 2.05 bits per heavy atom. The third-order valence-electron chi connectivity index (χ3n) is 3.08. The highest BCUT2D eigenvalue weighted by Crippen LogP contribution is 2.19. The highest BCUT2D eigenvalue weighted by atomic mass is 16.4. The molecule has 0 aliphatic rings. The molecular weight excluding hydrogens is 284 g/mol. The average molecular weight is 298 g/mol. The molecule has 0 spiro atoms. The molecule has 0 saturated heterocycles. The zero-order valence-electron chi connectivity index (χ0n) is 11.5. The molecule has 2 rings (SSSR count). The van der Waals surface area contributed by atoms with Gasteiger partial charge < -0.3 is 16.2 Å². The van der Waals surface area contributed by atoms with Gasteiger partial charge in [-0.25, -0.2) is 4.79 Å². The first kappa shape index (κ1) is 15.2. The number of amides is 2. The van der Waals surface area contributed by atoms with Gasteiger partial charge in [0.05, 0.1) is 5.56 Å². The van der Waals surface area contributed by atoms with Crippen LogP contribution in [0.1, 0.15) is 21.8 Å². The lowest BCUT2D eigenvalue weighted by molar-refractivity contribution is -0.127. The van der Waals surface area contributed by atoms with Gasteiger partial charge >= 0.3 is 5.97 Å². The van der Waals surface area contributed by atoms with Crippen molar-refractivity contribution >= 4 is 23.5 Å². The molecule has 0 aliphatic carbocycles. The van der Waals surface area contributed by atoms with Crippen molar-refractivity contribution < 1.29 is 19.5 Å². The van der Waals surface area contributed by atoms with Gasteiger partial charge in [0.1, 0.15) is 5.92 Å². The Hall–Kier alpha value is -3.15. The summed E-state index contributed by atoms with van der Waals surface area (Å²) in [5.74, 6) is -3.66. The molecule has 1 atom stereocenters. The second-order valence-electron chi connectivity index (χ2n) is 4.62. The van der Waals surface area contributed by atoms with Crippen LogP contribution in [0.4, 0.5) is 5.69 Å². The van der Waals surface area contributed by atoms with Crippen LogP contribution in [0, 0.1) is 0 Å². The van der Waals surface area contributed by atoms with E-state index in [0.717, 1.165) is 0 Å². The van der Waals surface area contributed by atoms with Crippen molar-refractivity contribution in [2.75, 3.05) is 5.32 Å². The van der Waals surface area contributed by atoms with Crippen LogP contribution in [-0.2, 0) is 9.59 Å². The molecule has 0 aromatic heterocycles. The largest absolute Gasteiger partial charge is 0.478 e. The summed E-state index contributed by atoms with van der Waals surface area (Å²) in [6, 6.07) is 14.1. The standard InChI is InChI=1S/C16H14N2O4/c17-14(19)13(10-6-8-11(9-7-10)16(21)22)15(20)18-12-4-2-1-3-5-12/h1-9,13H,(H2,17,19)(H,18,20)(H,21,22). The monoisotopic (exact) mass is 298 g/mol. The molecule has 0 bridgehead atoms. The number of anilines is 1. The van der Waals surface area contributed by atoms with E-state index in [9.17, 15) is 14.4 Å². The summed E-state index contributed by atoms with van der Waals surface area (Å²) < 4.78 is 0. The minimum Gasteiger partial charge on any atom is -0.478 e. The van der Waals surface area contributed by atoms with Crippen LogP contribution in [0.25, 0.3) is 0 Å². The van der Waals surface area contributed by atoms with Gasteiger partial charge in [0, 0.05) is 5.69 Å². The number of primary amides is 1. The van der Waals surface area contributed by atoms with E-state index in [0.29, 0.717) is 11.3 Å². The van der Waals surface area contributed by atoms with E-state index in [1.807, 2.05) is 0 Å². The Morgan fingerprint density at radius 2 is 1.55 bits per heavy atom. The Kier molecular flexibility index (Phi) is 4.53. The SMILES string of the molecule is NC(=O)C(C(=O)Nc1ccccc1)c1ccc(C(=O)O)cc1. The minimum absolute atomic E-state index is 0.0652. The lowest BCUT2D eigenvalue weighted by atomic mass is 9.96. The fourth-order valence-electron chi connectivity index (χ4n) is 2.00. The summed E-state index contributed by atoms with van der Waals surface area (Å²) in [7, 11) is 0. The Labute approximate surface area is 126 Å². The molecule has 0 radical (unpaired) electrons. The van der Waals surface area contributed by atoms with Crippen LogP contribution >= 0.6 is 0 Å². The quantitative estimate of drug-likeness (QED) is 0.728. The number of carbonyl (C=O) groups excluding carboxylic acids is 2. The van der Waals surface area contributed by atoms with Gasteiger partial charge in [0.15, 0.2) is 0 Å². The number of aromatic carboxylic acids is 1. The fourth-order valence-corrected chi connectivity index (χ4v) is 2.00. The van der Waals surface area contributed by atoms with Crippen LogP contribution in [0.15, 0.2) is 54.6 Å². The summed E-state index contributed by atoms with van der Waals surface area (Å²) in [5, 5.41) is 11.5. The van der Waals surface area contributed by atoms with Gasteiger partial charge in [-0.15, -0.1) is 0 Å². The third kappa shape index (κ3) is 3.49. The second-order valence-corrected chi connectivity index (χ2v) is 4.62. The smallest absolute Gasteiger partial charge is 0.335 e. The number of carboxylic acids is 1. The molecule has 0 heterocycles. The Morgan fingerprint density at radius 1 is 0.955 bits per heavy atom. The molecule has 0 saturated carbocycles. The van der Waals surface area contributed by atoms with Gasteiger partial charge in [-0.2, -0.15) is 0 Å². The minimum atomic E-state index is -1.19. The number of nitrogens with one attached hydrogen (secondary N) is 1. The topological polar surface area (TPSA) is 109 Å². The van der Waals surface area contributed by atoms with Gasteiger partial charge in [-0.05, 0) is 29.8 Å². The second kappa shape index (κ2) is 6.53. The van der Waals surface area contributed by atoms with E-state index in [4.69, 9.17) is 10.8 Å². The Balaban J connectivity index is 2.24. The number of carboxylic acid groups (broad SMARTS) is 1. The number of benzene rings is 2. The highest BCUT2D eigenvalue weighted by molar-refractivity contribution is 6.10. The molecule has 6 heteroatoms. The first-order valence-corrected chi connectivity index (χ1v) is 6.47. The maximum atomic E-state index is 12.2. The lowest BCUT2D eigenvalue weighted by Crippen LogP contribution is -2.32. The van der Waals surface area contributed by atoms with Crippen LogP contribution in [0.5, 0.6) is 0 Å². The van der Waals surface area contributed by atoms with Crippen molar-refractivity contribution in [1.82, 2.24) is 0 Å². The van der Waals surface area contributed by atoms with Crippen molar-refractivity contribution in [3.05, 3.63) is 65.7 Å². The predicted octanol–water partition coefficient (Wildman–Crippen LogP) is 1.59. The number of carbonyl (C=O) groups is 3. The maximum absolute atomic E-state index is 12.2. The van der Waals surface area contributed by atoms with Gasteiger partial charge in [0.2, 0.25) is 11.8 Å². The third-order valence-corrected chi connectivity index (χ3v) is 3.08. The zero-order chi connectivity index (χ0) is 16.1. The van der Waals surface area contributed by atoms with Crippen molar-refractivity contribution in [3.63, 3.8) is 0 Å². The van der Waals surface area contributed by atoms with Crippen molar-refractivity contribution in [2.45, 2.75) is 5.92 Å². The molecule has 0 aliphatic heterocycles. The normalized spacial score (nSPS) is 11.5. The molecule has 22 heavy (non-hydrogen) atoms. The number of para-hydroxylation sites is 1. The van der Waals surface area contributed by atoms with Crippen molar-refractivity contribution in [3.8, 4) is 0 Å². The van der Waals surface area contributed by atoms with Crippen molar-refractivity contribution in [2.24, 2.45) is 5.73 Å². The van der Waals surface area contributed by atoms with E-state index in [1.165, 1.54) is 24.3 Å². The molecule has 2 amide bonds. The number of hydrogen-bond acceptors (Lipinski definition) is 3. The molecule has 2 aromatic carbocycles. The van der Waals surface area contributed by atoms with E-state index < -0.39 is 23.7 Å². The summed E-state index contributed by atoms with van der Waals surface area (Å²) >= 11 is 0. The van der Waals surface area contributed by atoms with Gasteiger partial charge in [-0.1, -0.05) is 30.3 Å².